The topological polar surface area (TPSA) is 131 Å². The Kier molecular flexibility index (Phi) is 8.06. The molecule has 3 N–H and O–H groups in total. The highest BCUT2D eigenvalue weighted by molar-refractivity contribution is 7.14. The minimum Gasteiger partial charge on any atom is -0.370 e. The van der Waals surface area contributed by atoms with Crippen LogP contribution in [0.3, 0.4) is 0 Å². The molecule has 2 aliphatic rings. The molecular weight excluding hydrogens is 494 g/mol. The van der Waals surface area contributed by atoms with Gasteiger partial charge in [0, 0.05) is 13.6 Å². The Morgan fingerprint density at radius 1 is 1.31 bits per heavy atom. The first kappa shape index (κ1) is 27.6. The lowest BCUT2D eigenvalue weighted by atomic mass is 9.75. The molecule has 1 fully saturated rings. The van der Waals surface area contributed by atoms with Crippen molar-refractivity contribution >= 4 is 35.4 Å². The summed E-state index contributed by atoms with van der Waals surface area (Å²) in [6.07, 6.45) is -1.09. The predicted octanol–water partition coefficient (Wildman–Crippen LogP) is 2.58. The number of imide groups is 2. The zero-order valence-electron chi connectivity index (χ0n) is 21.0. The molecule has 2 aliphatic heterocycles. The smallest absolute Gasteiger partial charge is 0.330 e. The molecule has 36 heavy (non-hydrogen) atoms. The third-order valence-corrected chi connectivity index (χ3v) is 7.25. The van der Waals surface area contributed by atoms with Crippen molar-refractivity contribution in [2.45, 2.75) is 58.9 Å². The molecule has 2 aromatic rings. The molecular formula is C23H30F2N6O4S. The monoisotopic (exact) mass is 524 g/mol. The lowest BCUT2D eigenvalue weighted by molar-refractivity contribution is -0.142. The SMILES string of the molecule is CC.Cc1nnc(-c2cc3c(c(F)c2F)N2CC(C)OC(C)C2(N)[C@@H](C(=O)N(C)C(=O)NC=O)C3)s1. The number of carbonyl (C=O) groups is 3. The second kappa shape index (κ2) is 10.5. The van der Waals surface area contributed by atoms with Crippen LogP contribution in [-0.2, 0) is 20.7 Å². The number of carbonyl (C=O) groups excluding carboxylic acids is 3. The minimum absolute atomic E-state index is 0.0453. The summed E-state index contributed by atoms with van der Waals surface area (Å²) in [5.41, 5.74) is 5.40. The number of fused-ring (bicyclic) bond motifs is 3. The molecule has 13 heteroatoms. The number of aromatic nitrogens is 2. The van der Waals surface area contributed by atoms with Crippen molar-refractivity contribution in [3.05, 3.63) is 28.3 Å². The van der Waals surface area contributed by atoms with Gasteiger partial charge in [0.25, 0.3) is 0 Å². The second-order valence-corrected chi connectivity index (χ2v) is 9.68. The van der Waals surface area contributed by atoms with E-state index in [4.69, 9.17) is 10.5 Å². The summed E-state index contributed by atoms with van der Waals surface area (Å²) in [5, 5.41) is 10.5. The molecule has 0 aliphatic carbocycles. The van der Waals surface area contributed by atoms with Crippen LogP contribution in [0.15, 0.2) is 6.07 Å². The molecule has 1 aromatic heterocycles. The van der Waals surface area contributed by atoms with Gasteiger partial charge in [-0.05, 0) is 38.8 Å². The van der Waals surface area contributed by atoms with E-state index >= 15 is 8.78 Å². The van der Waals surface area contributed by atoms with Crippen molar-refractivity contribution in [2.75, 3.05) is 18.5 Å². The van der Waals surface area contributed by atoms with Gasteiger partial charge in [-0.1, -0.05) is 25.2 Å². The largest absolute Gasteiger partial charge is 0.370 e. The van der Waals surface area contributed by atoms with E-state index in [2.05, 4.69) is 10.2 Å². The van der Waals surface area contributed by atoms with Crippen LogP contribution in [0.1, 0.15) is 38.3 Å². The average Bonchev–Trinajstić information content (AvgIpc) is 3.28. The Bertz CT molecular complexity index is 1180. The van der Waals surface area contributed by atoms with Crippen LogP contribution in [-0.4, -0.2) is 64.9 Å². The van der Waals surface area contributed by atoms with Gasteiger partial charge >= 0.3 is 6.03 Å². The number of benzene rings is 1. The second-order valence-electron chi connectivity index (χ2n) is 8.49. The van der Waals surface area contributed by atoms with Gasteiger partial charge in [0.1, 0.15) is 10.7 Å². The molecule has 4 atom stereocenters. The van der Waals surface area contributed by atoms with Crippen LogP contribution >= 0.6 is 11.3 Å². The molecule has 4 rings (SSSR count). The number of nitrogens with zero attached hydrogens (tertiary/aromatic N) is 4. The van der Waals surface area contributed by atoms with Crippen molar-refractivity contribution in [3.8, 4) is 10.6 Å². The predicted molar refractivity (Wildman–Crippen MR) is 130 cm³/mol. The molecule has 1 saturated heterocycles. The third kappa shape index (κ3) is 4.46. The molecule has 0 spiro atoms. The lowest BCUT2D eigenvalue weighted by Crippen LogP contribution is -2.76. The van der Waals surface area contributed by atoms with E-state index in [1.165, 1.54) is 18.0 Å². The minimum atomic E-state index is -1.58. The van der Waals surface area contributed by atoms with Crippen LogP contribution in [0.25, 0.3) is 10.6 Å². The van der Waals surface area contributed by atoms with Crippen LogP contribution in [0.4, 0.5) is 19.3 Å². The number of aryl methyl sites for hydroxylation is 1. The van der Waals surface area contributed by atoms with Gasteiger partial charge in [-0.25, -0.2) is 13.6 Å². The first-order valence-electron chi connectivity index (χ1n) is 11.6. The lowest BCUT2D eigenvalue weighted by Gasteiger charge is -2.57. The van der Waals surface area contributed by atoms with E-state index in [0.29, 0.717) is 10.6 Å². The molecule has 0 radical (unpaired) electrons. The Labute approximate surface area is 211 Å². The summed E-state index contributed by atoms with van der Waals surface area (Å²) in [5.74, 6) is -3.95. The number of ether oxygens (including phenoxy) is 1. The van der Waals surface area contributed by atoms with E-state index in [9.17, 15) is 14.4 Å². The number of amides is 4. The number of halogens is 2. The van der Waals surface area contributed by atoms with Crippen LogP contribution in [0.2, 0.25) is 0 Å². The van der Waals surface area contributed by atoms with E-state index in [0.717, 1.165) is 16.2 Å². The Hall–Kier alpha value is -3.03. The third-order valence-electron chi connectivity index (χ3n) is 6.38. The molecule has 3 unspecified atom stereocenters. The number of morpholine rings is 1. The maximum atomic E-state index is 15.6. The Morgan fingerprint density at radius 3 is 2.56 bits per heavy atom. The highest BCUT2D eigenvalue weighted by Gasteiger charge is 2.57. The van der Waals surface area contributed by atoms with Gasteiger partial charge < -0.3 is 15.4 Å². The summed E-state index contributed by atoms with van der Waals surface area (Å²) in [6.45, 7) is 9.20. The van der Waals surface area contributed by atoms with Crippen LogP contribution in [0, 0.1) is 24.5 Å². The number of urea groups is 1. The van der Waals surface area contributed by atoms with Gasteiger partial charge in [0.2, 0.25) is 12.3 Å². The first-order valence-corrected chi connectivity index (χ1v) is 12.4. The fourth-order valence-electron chi connectivity index (χ4n) is 4.72. The summed E-state index contributed by atoms with van der Waals surface area (Å²) >= 11 is 1.11. The maximum absolute atomic E-state index is 15.6. The number of nitrogens with two attached hydrogens (primary N) is 1. The highest BCUT2D eigenvalue weighted by Crippen LogP contribution is 2.47. The van der Waals surface area contributed by atoms with E-state index in [-0.39, 0.29) is 35.6 Å². The maximum Gasteiger partial charge on any atom is 0.330 e. The van der Waals surface area contributed by atoms with E-state index in [1.54, 1.807) is 20.8 Å². The molecule has 4 amide bonds. The number of anilines is 1. The van der Waals surface area contributed by atoms with Crippen molar-refractivity contribution in [1.82, 2.24) is 20.4 Å². The van der Waals surface area contributed by atoms with Crippen LogP contribution < -0.4 is 16.0 Å². The number of nitrogens with one attached hydrogen (secondary N) is 1. The summed E-state index contributed by atoms with van der Waals surface area (Å²) in [7, 11) is 1.21. The molecule has 0 saturated carbocycles. The van der Waals surface area contributed by atoms with Crippen molar-refractivity contribution < 1.29 is 27.9 Å². The quantitative estimate of drug-likeness (QED) is 0.586. The fraction of sp³-hybridized carbons (Fsp3) is 0.522. The van der Waals surface area contributed by atoms with Gasteiger partial charge in [0.15, 0.2) is 16.6 Å². The molecule has 1 aromatic carbocycles. The highest BCUT2D eigenvalue weighted by atomic mass is 32.1. The van der Waals surface area contributed by atoms with Gasteiger partial charge in [-0.3, -0.25) is 19.8 Å². The van der Waals surface area contributed by atoms with Crippen molar-refractivity contribution in [2.24, 2.45) is 11.7 Å². The van der Waals surface area contributed by atoms with E-state index < -0.39 is 47.4 Å². The Balaban J connectivity index is 0.00000176. The van der Waals surface area contributed by atoms with E-state index in [1.807, 2.05) is 19.2 Å². The number of hydrogen-bond donors (Lipinski definition) is 2. The Morgan fingerprint density at radius 2 is 1.97 bits per heavy atom. The molecule has 3 heterocycles. The molecule has 0 bridgehead atoms. The zero-order valence-corrected chi connectivity index (χ0v) is 21.8. The fourth-order valence-corrected chi connectivity index (χ4v) is 5.42. The zero-order chi connectivity index (χ0) is 26.9. The first-order chi connectivity index (χ1) is 17.0. The molecule has 196 valence electrons. The summed E-state index contributed by atoms with van der Waals surface area (Å²) < 4.78 is 36.7. The normalized spacial score (nSPS) is 24.6. The number of rotatable bonds is 3. The van der Waals surface area contributed by atoms with Crippen molar-refractivity contribution in [3.63, 3.8) is 0 Å². The molecule has 10 nitrogen and oxygen atoms in total. The summed E-state index contributed by atoms with van der Waals surface area (Å²) in [6, 6.07) is 0.512. The number of hydrogen-bond acceptors (Lipinski definition) is 9. The standard InChI is InChI=1S/C21H24F2N6O4S.C2H6/c1-9-7-29-17-12(5-13(15(22)16(17)23)18-27-26-11(3)34-18)6-14(21(29,24)10(2)33-9)19(31)28(4)20(32)25-8-30;1-2/h5,8-10,14H,6-7,24H2,1-4H3,(H,25,30,32);1-2H3/t9?,10?,14-,21?;/m1./s1. The average molecular weight is 525 g/mol. The van der Waals surface area contributed by atoms with Gasteiger partial charge in [-0.2, -0.15) is 0 Å². The summed E-state index contributed by atoms with van der Waals surface area (Å²) in [4.78, 5) is 38.5. The van der Waals surface area contributed by atoms with Crippen LogP contribution in [0.5, 0.6) is 0 Å². The van der Waals surface area contributed by atoms with Crippen molar-refractivity contribution in [1.29, 1.82) is 0 Å². The van der Waals surface area contributed by atoms with Gasteiger partial charge in [0.05, 0.1) is 29.4 Å². The van der Waals surface area contributed by atoms with Gasteiger partial charge in [-0.15, -0.1) is 10.2 Å².